The summed E-state index contributed by atoms with van der Waals surface area (Å²) in [6, 6.07) is 8.85. The largest absolute Gasteiger partial charge is 0.455 e. The number of nitrogens with one attached hydrogen (secondary N) is 1. The van der Waals surface area contributed by atoms with Gasteiger partial charge in [0.2, 0.25) is 0 Å². The van der Waals surface area contributed by atoms with Crippen molar-refractivity contribution in [1.29, 1.82) is 0 Å². The molecule has 0 atom stereocenters. The summed E-state index contributed by atoms with van der Waals surface area (Å²) in [5.41, 5.74) is 1.38. The molecule has 0 saturated heterocycles. The van der Waals surface area contributed by atoms with Crippen molar-refractivity contribution in [3.05, 3.63) is 58.0 Å². The molecule has 0 fully saturated rings. The monoisotopic (exact) mass is 303 g/mol. The van der Waals surface area contributed by atoms with Gasteiger partial charge in [-0.2, -0.15) is 0 Å². The molecule has 21 heavy (non-hydrogen) atoms. The third-order valence-corrected chi connectivity index (χ3v) is 3.91. The molecule has 0 unspecified atom stereocenters. The van der Waals surface area contributed by atoms with Gasteiger partial charge in [-0.15, -0.1) is 0 Å². The van der Waals surface area contributed by atoms with Crippen LogP contribution in [0.3, 0.4) is 0 Å². The van der Waals surface area contributed by atoms with Gasteiger partial charge in [0.1, 0.15) is 5.76 Å². The number of amides is 1. The van der Waals surface area contributed by atoms with Crippen molar-refractivity contribution in [2.45, 2.75) is 25.8 Å². The summed E-state index contributed by atoms with van der Waals surface area (Å²) in [6.07, 6.45) is 2.01. The first-order valence-electron chi connectivity index (χ1n) is 6.82. The molecule has 1 aromatic heterocycles. The van der Waals surface area contributed by atoms with Crippen LogP contribution in [0.5, 0.6) is 0 Å². The minimum Gasteiger partial charge on any atom is -0.455 e. The topological polar surface area (TPSA) is 59.3 Å². The quantitative estimate of drug-likeness (QED) is 0.945. The van der Waals surface area contributed by atoms with Gasteiger partial charge < -0.3 is 9.73 Å². The van der Waals surface area contributed by atoms with E-state index in [1.165, 1.54) is 0 Å². The van der Waals surface area contributed by atoms with Crippen LogP contribution in [0.15, 0.2) is 34.7 Å². The Balaban J connectivity index is 1.72. The summed E-state index contributed by atoms with van der Waals surface area (Å²) < 4.78 is 5.49. The highest BCUT2D eigenvalue weighted by molar-refractivity contribution is 6.31. The summed E-state index contributed by atoms with van der Waals surface area (Å²) >= 11 is 6.04. The molecule has 0 radical (unpaired) electrons. The molecule has 1 heterocycles. The van der Waals surface area contributed by atoms with E-state index < -0.39 is 0 Å². The van der Waals surface area contributed by atoms with Crippen molar-refractivity contribution in [3.8, 4) is 0 Å². The SMILES string of the molecule is O=C(NCc1ccccc1Cl)c1cc2c(o1)CCCC2=O. The first-order chi connectivity index (χ1) is 10.1. The van der Waals surface area contributed by atoms with Crippen LogP contribution in [0.1, 0.15) is 45.1 Å². The lowest BCUT2D eigenvalue weighted by Gasteiger charge is -2.06. The van der Waals surface area contributed by atoms with Gasteiger partial charge in [-0.3, -0.25) is 9.59 Å². The molecule has 1 aliphatic rings. The van der Waals surface area contributed by atoms with Crippen LogP contribution in [0, 0.1) is 0 Å². The first kappa shape index (κ1) is 13.9. The molecule has 1 amide bonds. The van der Waals surface area contributed by atoms with E-state index in [4.69, 9.17) is 16.0 Å². The number of ketones is 1. The Labute approximate surface area is 127 Å². The number of rotatable bonds is 3. The highest BCUT2D eigenvalue weighted by Crippen LogP contribution is 2.24. The normalized spacial score (nSPS) is 13.9. The molecular weight excluding hydrogens is 290 g/mol. The highest BCUT2D eigenvalue weighted by Gasteiger charge is 2.24. The fourth-order valence-electron chi connectivity index (χ4n) is 2.41. The van der Waals surface area contributed by atoms with Crippen molar-refractivity contribution in [2.24, 2.45) is 0 Å². The van der Waals surface area contributed by atoms with Crippen molar-refractivity contribution >= 4 is 23.3 Å². The second-order valence-electron chi connectivity index (χ2n) is 5.00. The van der Waals surface area contributed by atoms with Gasteiger partial charge in [0, 0.05) is 30.5 Å². The summed E-state index contributed by atoms with van der Waals surface area (Å²) in [5, 5.41) is 3.36. The summed E-state index contributed by atoms with van der Waals surface area (Å²) in [4.78, 5) is 23.8. The maximum absolute atomic E-state index is 12.1. The van der Waals surface area contributed by atoms with Crippen LogP contribution in [-0.4, -0.2) is 11.7 Å². The van der Waals surface area contributed by atoms with Crippen molar-refractivity contribution in [1.82, 2.24) is 5.32 Å². The third kappa shape index (κ3) is 2.85. The number of carbonyl (C=O) groups excluding carboxylic acids is 2. The molecule has 108 valence electrons. The fraction of sp³-hybridized carbons (Fsp3) is 0.250. The smallest absolute Gasteiger partial charge is 0.287 e. The predicted octanol–water partition coefficient (Wildman–Crippen LogP) is 3.38. The van der Waals surface area contributed by atoms with Gasteiger partial charge in [-0.05, 0) is 18.1 Å². The molecule has 0 bridgehead atoms. The number of hydrogen-bond donors (Lipinski definition) is 1. The lowest BCUT2D eigenvalue weighted by molar-refractivity contribution is 0.0917. The second-order valence-corrected chi connectivity index (χ2v) is 5.41. The number of furan rings is 1. The molecule has 5 heteroatoms. The Morgan fingerprint density at radius 3 is 2.86 bits per heavy atom. The fourth-order valence-corrected chi connectivity index (χ4v) is 2.61. The van der Waals surface area contributed by atoms with Gasteiger partial charge in [-0.1, -0.05) is 29.8 Å². The van der Waals surface area contributed by atoms with E-state index in [0.29, 0.717) is 35.7 Å². The number of aryl methyl sites for hydroxylation is 1. The number of hydrogen-bond acceptors (Lipinski definition) is 3. The Morgan fingerprint density at radius 2 is 2.10 bits per heavy atom. The molecule has 1 aromatic carbocycles. The molecule has 4 nitrogen and oxygen atoms in total. The number of Topliss-reactive ketones (excluding diaryl/α,β-unsaturated/α-hetero) is 1. The Bertz CT molecular complexity index is 705. The average Bonchev–Trinajstić information content (AvgIpc) is 2.92. The number of halogens is 1. The lowest BCUT2D eigenvalue weighted by Crippen LogP contribution is -2.22. The molecule has 2 aromatic rings. The van der Waals surface area contributed by atoms with E-state index >= 15 is 0 Å². The van der Waals surface area contributed by atoms with Gasteiger partial charge in [-0.25, -0.2) is 0 Å². The van der Waals surface area contributed by atoms with E-state index in [0.717, 1.165) is 12.0 Å². The van der Waals surface area contributed by atoms with Gasteiger partial charge in [0.15, 0.2) is 11.5 Å². The zero-order valence-electron chi connectivity index (χ0n) is 11.3. The number of benzene rings is 1. The van der Waals surface area contributed by atoms with Gasteiger partial charge in [0.05, 0.1) is 5.56 Å². The average molecular weight is 304 g/mol. The molecule has 1 N–H and O–H groups in total. The Morgan fingerprint density at radius 1 is 1.29 bits per heavy atom. The van der Waals surface area contributed by atoms with Crippen LogP contribution in [0.25, 0.3) is 0 Å². The van der Waals surface area contributed by atoms with E-state index in [9.17, 15) is 9.59 Å². The zero-order valence-corrected chi connectivity index (χ0v) is 12.1. The maximum Gasteiger partial charge on any atom is 0.287 e. The van der Waals surface area contributed by atoms with Gasteiger partial charge >= 0.3 is 0 Å². The van der Waals surface area contributed by atoms with Crippen molar-refractivity contribution in [3.63, 3.8) is 0 Å². The third-order valence-electron chi connectivity index (χ3n) is 3.54. The van der Waals surface area contributed by atoms with Crippen LogP contribution in [-0.2, 0) is 13.0 Å². The standard InChI is InChI=1S/C16H14ClNO3/c17-12-5-2-1-4-10(12)9-18-16(20)15-8-11-13(19)6-3-7-14(11)21-15/h1-2,4-5,8H,3,6-7,9H2,(H,18,20). The number of carbonyl (C=O) groups is 2. The number of fused-ring (bicyclic) bond motifs is 1. The second kappa shape index (κ2) is 5.74. The van der Waals surface area contributed by atoms with E-state index in [1.54, 1.807) is 12.1 Å². The summed E-state index contributed by atoms with van der Waals surface area (Å²) in [7, 11) is 0. The van der Waals surface area contributed by atoms with Crippen LogP contribution in [0.2, 0.25) is 5.02 Å². The Hall–Kier alpha value is -2.07. The maximum atomic E-state index is 12.1. The lowest BCUT2D eigenvalue weighted by atomic mass is 9.97. The van der Waals surface area contributed by atoms with Gasteiger partial charge in [0.25, 0.3) is 5.91 Å². The van der Waals surface area contributed by atoms with E-state index in [2.05, 4.69) is 5.32 Å². The van der Waals surface area contributed by atoms with E-state index in [1.807, 2.05) is 18.2 Å². The Kier molecular flexibility index (Phi) is 3.80. The highest BCUT2D eigenvalue weighted by atomic mass is 35.5. The molecule has 0 spiro atoms. The minimum absolute atomic E-state index is 0.0464. The molecule has 0 aliphatic heterocycles. The molecule has 3 rings (SSSR count). The molecule has 1 aliphatic carbocycles. The minimum atomic E-state index is -0.336. The van der Waals surface area contributed by atoms with Crippen molar-refractivity contribution in [2.75, 3.05) is 0 Å². The van der Waals surface area contributed by atoms with Crippen LogP contribution in [0.4, 0.5) is 0 Å². The molecular formula is C16H14ClNO3. The zero-order chi connectivity index (χ0) is 14.8. The first-order valence-corrected chi connectivity index (χ1v) is 7.20. The van der Waals surface area contributed by atoms with Crippen LogP contribution >= 0.6 is 11.6 Å². The van der Waals surface area contributed by atoms with Crippen LogP contribution < -0.4 is 5.32 Å². The van der Waals surface area contributed by atoms with E-state index in [-0.39, 0.29) is 17.5 Å². The predicted molar refractivity (Wildman–Crippen MR) is 78.6 cm³/mol. The summed E-state index contributed by atoms with van der Waals surface area (Å²) in [5.74, 6) is 0.513. The van der Waals surface area contributed by atoms with Crippen molar-refractivity contribution < 1.29 is 14.0 Å². The molecule has 0 saturated carbocycles. The summed E-state index contributed by atoms with van der Waals surface area (Å²) in [6.45, 7) is 0.317.